The first-order valence-corrected chi connectivity index (χ1v) is 8.51. The van der Waals surface area contributed by atoms with Crippen LogP contribution < -0.4 is 5.32 Å². The molecular weight excluding hydrogens is 474 g/mol. The lowest BCUT2D eigenvalue weighted by Crippen LogP contribution is -2.21. The molecule has 0 saturated carbocycles. The van der Waals surface area contributed by atoms with Gasteiger partial charge in [-0.1, -0.05) is 6.07 Å². The summed E-state index contributed by atoms with van der Waals surface area (Å²) in [6, 6.07) is 10.2. The highest BCUT2D eigenvalue weighted by molar-refractivity contribution is 9.11. The van der Waals surface area contributed by atoms with Gasteiger partial charge in [0.15, 0.2) is 6.61 Å². The van der Waals surface area contributed by atoms with E-state index in [1.54, 1.807) is 0 Å². The molecule has 0 aliphatic carbocycles. The number of benzene rings is 2. The van der Waals surface area contributed by atoms with E-state index in [0.717, 1.165) is 0 Å². The Morgan fingerprint density at radius 1 is 1.23 bits per heavy atom. The molecule has 8 nitrogen and oxygen atoms in total. The number of hydrogen-bond acceptors (Lipinski definition) is 6. The predicted molar refractivity (Wildman–Crippen MR) is 98.6 cm³/mol. The van der Waals surface area contributed by atoms with Gasteiger partial charge in [0.2, 0.25) is 0 Å². The van der Waals surface area contributed by atoms with Crippen LogP contribution >= 0.6 is 31.9 Å². The first kappa shape index (κ1) is 19.6. The number of esters is 1. The van der Waals surface area contributed by atoms with Crippen molar-refractivity contribution in [3.63, 3.8) is 0 Å². The number of nitrogens with zero attached hydrogens (tertiary/aromatic N) is 2. The molecule has 26 heavy (non-hydrogen) atoms. The molecule has 0 aromatic heterocycles. The minimum atomic E-state index is -0.751. The van der Waals surface area contributed by atoms with Gasteiger partial charge in [-0.25, -0.2) is 4.79 Å². The van der Waals surface area contributed by atoms with Crippen molar-refractivity contribution >= 4 is 55.1 Å². The molecule has 1 N–H and O–H groups in total. The monoisotopic (exact) mass is 481 g/mol. The summed E-state index contributed by atoms with van der Waals surface area (Å²) in [5, 5.41) is 22.1. The van der Waals surface area contributed by atoms with Gasteiger partial charge in [0, 0.05) is 21.1 Å². The molecule has 0 aliphatic rings. The Morgan fingerprint density at radius 2 is 1.88 bits per heavy atom. The molecule has 0 unspecified atom stereocenters. The molecule has 2 aromatic carbocycles. The summed E-state index contributed by atoms with van der Waals surface area (Å²) in [7, 11) is 0. The van der Waals surface area contributed by atoms with Crippen molar-refractivity contribution in [2.45, 2.75) is 0 Å². The van der Waals surface area contributed by atoms with E-state index in [-0.39, 0.29) is 16.9 Å². The van der Waals surface area contributed by atoms with E-state index in [2.05, 4.69) is 37.2 Å². The van der Waals surface area contributed by atoms with Crippen LogP contribution in [0.5, 0.6) is 0 Å². The van der Waals surface area contributed by atoms with Gasteiger partial charge in [0.25, 0.3) is 11.6 Å². The van der Waals surface area contributed by atoms with Gasteiger partial charge in [-0.05, 0) is 50.1 Å². The fourth-order valence-corrected chi connectivity index (χ4v) is 3.25. The van der Waals surface area contributed by atoms with E-state index in [0.29, 0.717) is 14.5 Å². The Kier molecular flexibility index (Phi) is 6.43. The number of amides is 1. The molecule has 2 aromatic rings. The number of nitrogens with one attached hydrogen (secondary N) is 1. The fourth-order valence-electron chi connectivity index (χ4n) is 1.89. The van der Waals surface area contributed by atoms with Crippen LogP contribution in [0.25, 0.3) is 0 Å². The van der Waals surface area contributed by atoms with E-state index in [9.17, 15) is 19.7 Å². The zero-order valence-electron chi connectivity index (χ0n) is 12.9. The minimum absolute atomic E-state index is 0.148. The van der Waals surface area contributed by atoms with Crippen molar-refractivity contribution < 1.29 is 19.2 Å². The van der Waals surface area contributed by atoms with Gasteiger partial charge < -0.3 is 10.1 Å². The van der Waals surface area contributed by atoms with Gasteiger partial charge in [-0.2, -0.15) is 5.26 Å². The highest BCUT2D eigenvalue weighted by Crippen LogP contribution is 2.35. The van der Waals surface area contributed by atoms with Crippen molar-refractivity contribution in [1.82, 2.24) is 0 Å². The molecule has 0 radical (unpaired) electrons. The van der Waals surface area contributed by atoms with Crippen molar-refractivity contribution in [3.8, 4) is 6.07 Å². The summed E-state index contributed by atoms with van der Waals surface area (Å²) in [4.78, 5) is 34.1. The number of nitro benzene ring substituents is 1. The van der Waals surface area contributed by atoms with E-state index in [1.165, 1.54) is 36.4 Å². The van der Waals surface area contributed by atoms with Crippen LogP contribution in [0.4, 0.5) is 11.4 Å². The molecule has 0 saturated heterocycles. The van der Waals surface area contributed by atoms with E-state index < -0.39 is 23.4 Å². The standard InChI is InChI=1S/C16H9Br2N3O5/c17-12-5-11(21(24)25)6-13(18)15(12)20-14(22)8-26-16(23)10-3-1-2-9(4-10)7-19/h1-6H,8H2,(H,20,22). The smallest absolute Gasteiger partial charge is 0.338 e. The third-order valence-electron chi connectivity index (χ3n) is 3.06. The summed E-state index contributed by atoms with van der Waals surface area (Å²) in [5.41, 5.74) is 0.547. The third-order valence-corrected chi connectivity index (χ3v) is 4.31. The molecule has 0 fully saturated rings. The molecular formula is C16H9Br2N3O5. The Morgan fingerprint density at radius 3 is 2.46 bits per heavy atom. The van der Waals surface area contributed by atoms with Gasteiger partial charge in [0.05, 0.1) is 27.8 Å². The Labute approximate surface area is 164 Å². The largest absolute Gasteiger partial charge is 0.452 e. The molecule has 0 atom stereocenters. The topological polar surface area (TPSA) is 122 Å². The molecule has 10 heteroatoms. The lowest BCUT2D eigenvalue weighted by Gasteiger charge is -2.10. The van der Waals surface area contributed by atoms with Crippen LogP contribution in [0, 0.1) is 21.4 Å². The summed E-state index contributed by atoms with van der Waals surface area (Å²) in [6.45, 7) is -0.564. The molecule has 0 aliphatic heterocycles. The zero-order valence-corrected chi connectivity index (χ0v) is 16.0. The van der Waals surface area contributed by atoms with Gasteiger partial charge >= 0.3 is 5.97 Å². The third kappa shape index (κ3) is 4.87. The lowest BCUT2D eigenvalue weighted by molar-refractivity contribution is -0.385. The maximum atomic E-state index is 12.0. The number of nitro groups is 1. The Balaban J connectivity index is 2.02. The summed E-state index contributed by atoms with van der Waals surface area (Å²) < 4.78 is 5.49. The fraction of sp³-hybridized carbons (Fsp3) is 0.0625. The maximum Gasteiger partial charge on any atom is 0.338 e. The number of halogens is 2. The minimum Gasteiger partial charge on any atom is -0.452 e. The first-order valence-electron chi connectivity index (χ1n) is 6.92. The molecule has 0 spiro atoms. The predicted octanol–water partition coefficient (Wildman–Crippen LogP) is 3.79. The van der Waals surface area contributed by atoms with Crippen LogP contribution in [0.2, 0.25) is 0 Å². The Bertz CT molecular complexity index is 917. The SMILES string of the molecule is N#Cc1cccc(C(=O)OCC(=O)Nc2c(Br)cc([N+](=O)[O-])cc2Br)c1. The first-order chi connectivity index (χ1) is 12.3. The van der Waals surface area contributed by atoms with Crippen LogP contribution in [0.1, 0.15) is 15.9 Å². The van der Waals surface area contributed by atoms with E-state index in [1.807, 2.05) is 6.07 Å². The number of anilines is 1. The normalized spacial score (nSPS) is 9.88. The number of carbonyl (C=O) groups excluding carboxylic acids is 2. The second-order valence-corrected chi connectivity index (χ2v) is 6.57. The van der Waals surface area contributed by atoms with E-state index >= 15 is 0 Å². The molecule has 132 valence electrons. The number of ether oxygens (including phenoxy) is 1. The van der Waals surface area contributed by atoms with Crippen molar-refractivity contribution in [3.05, 3.63) is 66.6 Å². The second kappa shape index (κ2) is 8.55. The van der Waals surface area contributed by atoms with Crippen molar-refractivity contribution in [1.29, 1.82) is 5.26 Å². The average Bonchev–Trinajstić information content (AvgIpc) is 2.62. The summed E-state index contributed by atoms with van der Waals surface area (Å²) >= 11 is 6.28. The lowest BCUT2D eigenvalue weighted by atomic mass is 10.1. The number of non-ortho nitro benzene ring substituents is 1. The van der Waals surface area contributed by atoms with E-state index in [4.69, 9.17) is 10.00 Å². The summed E-state index contributed by atoms with van der Waals surface area (Å²) in [5.74, 6) is -1.39. The highest BCUT2D eigenvalue weighted by atomic mass is 79.9. The number of carbonyl (C=O) groups is 2. The maximum absolute atomic E-state index is 12.0. The molecule has 0 bridgehead atoms. The van der Waals surface area contributed by atoms with Crippen LogP contribution in [-0.4, -0.2) is 23.4 Å². The van der Waals surface area contributed by atoms with Gasteiger partial charge in [-0.3, -0.25) is 14.9 Å². The van der Waals surface area contributed by atoms with Crippen molar-refractivity contribution in [2.24, 2.45) is 0 Å². The van der Waals surface area contributed by atoms with Crippen molar-refractivity contribution in [2.75, 3.05) is 11.9 Å². The number of rotatable bonds is 5. The van der Waals surface area contributed by atoms with Gasteiger partial charge in [0.1, 0.15) is 0 Å². The summed E-state index contributed by atoms with van der Waals surface area (Å²) in [6.07, 6.45) is 0. The van der Waals surface area contributed by atoms with Crippen LogP contribution in [0.15, 0.2) is 45.3 Å². The van der Waals surface area contributed by atoms with Crippen LogP contribution in [0.3, 0.4) is 0 Å². The Hall–Kier alpha value is -2.77. The number of hydrogen-bond donors (Lipinski definition) is 1. The second-order valence-electron chi connectivity index (χ2n) is 4.86. The molecule has 2 rings (SSSR count). The molecule has 0 heterocycles. The zero-order chi connectivity index (χ0) is 19.3. The highest BCUT2D eigenvalue weighted by Gasteiger charge is 2.17. The van der Waals surface area contributed by atoms with Crippen LogP contribution in [-0.2, 0) is 9.53 Å². The quantitative estimate of drug-likeness (QED) is 0.393. The average molecular weight is 483 g/mol. The molecule has 1 amide bonds. The van der Waals surface area contributed by atoms with Gasteiger partial charge in [-0.15, -0.1) is 0 Å². The number of nitriles is 1.